The molecule has 0 spiro atoms. The summed E-state index contributed by atoms with van der Waals surface area (Å²) < 4.78 is 13.4. The van der Waals surface area contributed by atoms with Gasteiger partial charge < -0.3 is 11.5 Å². The second kappa shape index (κ2) is 3.57. The molecule has 76 valence electrons. The molecule has 0 fully saturated rings. The van der Waals surface area contributed by atoms with Crippen molar-refractivity contribution in [1.29, 1.82) is 0 Å². The molecule has 0 radical (unpaired) electrons. The average Bonchev–Trinajstić information content (AvgIpc) is 2.20. The Morgan fingerprint density at radius 1 is 1.13 bits per heavy atom. The van der Waals surface area contributed by atoms with Gasteiger partial charge in [-0.25, -0.2) is 4.39 Å². The van der Waals surface area contributed by atoms with Crippen molar-refractivity contribution < 1.29 is 4.39 Å². The number of aromatic nitrogens is 1. The van der Waals surface area contributed by atoms with Crippen LogP contribution in [-0.2, 0) is 0 Å². The summed E-state index contributed by atoms with van der Waals surface area (Å²) in [6, 6.07) is 7.91. The highest BCUT2D eigenvalue weighted by Crippen LogP contribution is 2.26. The van der Waals surface area contributed by atoms with Gasteiger partial charge in [-0.1, -0.05) is 12.1 Å². The van der Waals surface area contributed by atoms with E-state index < -0.39 is 0 Å². The summed E-state index contributed by atoms with van der Waals surface area (Å²) in [5.41, 5.74) is 12.9. The van der Waals surface area contributed by atoms with Crippen LogP contribution in [0.3, 0.4) is 0 Å². The first-order valence-corrected chi connectivity index (χ1v) is 4.44. The van der Waals surface area contributed by atoms with Gasteiger partial charge in [0.15, 0.2) is 0 Å². The lowest BCUT2D eigenvalue weighted by atomic mass is 10.1. The van der Waals surface area contributed by atoms with Crippen LogP contribution in [0.5, 0.6) is 0 Å². The lowest BCUT2D eigenvalue weighted by molar-refractivity contribution is 0.631. The molecule has 0 unspecified atom stereocenters. The zero-order chi connectivity index (χ0) is 10.8. The number of hydrogen-bond acceptors (Lipinski definition) is 3. The number of nitrogens with zero attached hydrogens (tertiary/aromatic N) is 1. The first-order chi connectivity index (χ1) is 7.18. The highest BCUT2D eigenvalue weighted by Gasteiger charge is 2.08. The molecule has 4 heteroatoms. The van der Waals surface area contributed by atoms with Gasteiger partial charge >= 0.3 is 0 Å². The summed E-state index contributed by atoms with van der Waals surface area (Å²) in [5, 5.41) is 0. The number of anilines is 2. The summed E-state index contributed by atoms with van der Waals surface area (Å²) in [5.74, 6) is -0.346. The van der Waals surface area contributed by atoms with Gasteiger partial charge in [0, 0.05) is 5.56 Å². The van der Waals surface area contributed by atoms with E-state index in [2.05, 4.69) is 4.98 Å². The summed E-state index contributed by atoms with van der Waals surface area (Å²) >= 11 is 0. The minimum atomic E-state index is -0.346. The van der Waals surface area contributed by atoms with Crippen molar-refractivity contribution in [3.05, 3.63) is 42.3 Å². The van der Waals surface area contributed by atoms with Crippen LogP contribution in [-0.4, -0.2) is 4.98 Å². The van der Waals surface area contributed by atoms with Crippen LogP contribution in [0.2, 0.25) is 0 Å². The normalized spacial score (nSPS) is 10.2. The zero-order valence-corrected chi connectivity index (χ0v) is 7.94. The summed E-state index contributed by atoms with van der Waals surface area (Å²) in [6.45, 7) is 0. The SMILES string of the molecule is Nc1cnc(-c2ccccc2F)c(N)c1. The molecule has 0 aliphatic heterocycles. The Kier molecular flexibility index (Phi) is 2.25. The molecule has 0 aliphatic rings. The maximum absolute atomic E-state index is 13.4. The topological polar surface area (TPSA) is 64.9 Å². The van der Waals surface area contributed by atoms with E-state index >= 15 is 0 Å². The van der Waals surface area contributed by atoms with E-state index in [0.717, 1.165) is 0 Å². The van der Waals surface area contributed by atoms with Crippen molar-refractivity contribution in [3.63, 3.8) is 0 Å². The Hall–Kier alpha value is -2.10. The largest absolute Gasteiger partial charge is 0.397 e. The first kappa shape index (κ1) is 9.45. The number of halogens is 1. The molecule has 3 nitrogen and oxygen atoms in total. The molecule has 0 saturated heterocycles. The molecule has 4 N–H and O–H groups in total. The van der Waals surface area contributed by atoms with Gasteiger partial charge in [0.25, 0.3) is 0 Å². The Labute approximate surface area is 86.6 Å². The van der Waals surface area contributed by atoms with Crippen molar-refractivity contribution >= 4 is 11.4 Å². The number of benzene rings is 1. The van der Waals surface area contributed by atoms with Crippen molar-refractivity contribution in [2.75, 3.05) is 11.5 Å². The monoisotopic (exact) mass is 203 g/mol. The number of pyridine rings is 1. The van der Waals surface area contributed by atoms with Crippen molar-refractivity contribution in [1.82, 2.24) is 4.98 Å². The lowest BCUT2D eigenvalue weighted by Gasteiger charge is -2.06. The number of rotatable bonds is 1. The molecule has 1 aromatic heterocycles. The number of nitrogens with two attached hydrogens (primary N) is 2. The maximum atomic E-state index is 13.4. The van der Waals surface area contributed by atoms with Crippen LogP contribution in [0.25, 0.3) is 11.3 Å². The summed E-state index contributed by atoms with van der Waals surface area (Å²) in [4.78, 5) is 4.02. The predicted molar refractivity (Wildman–Crippen MR) is 58.5 cm³/mol. The fourth-order valence-corrected chi connectivity index (χ4v) is 1.38. The second-order valence-electron chi connectivity index (χ2n) is 3.19. The van der Waals surface area contributed by atoms with Crippen molar-refractivity contribution in [3.8, 4) is 11.3 Å². The van der Waals surface area contributed by atoms with E-state index in [0.29, 0.717) is 22.6 Å². The Bertz CT molecular complexity index is 497. The third kappa shape index (κ3) is 1.74. The smallest absolute Gasteiger partial charge is 0.132 e. The molecule has 2 rings (SSSR count). The third-order valence-corrected chi connectivity index (χ3v) is 2.07. The minimum absolute atomic E-state index is 0.346. The van der Waals surface area contributed by atoms with E-state index in [1.165, 1.54) is 12.3 Å². The van der Waals surface area contributed by atoms with E-state index in [1.807, 2.05) is 0 Å². The average molecular weight is 203 g/mol. The second-order valence-corrected chi connectivity index (χ2v) is 3.19. The Morgan fingerprint density at radius 2 is 1.87 bits per heavy atom. The van der Waals surface area contributed by atoms with E-state index in [9.17, 15) is 4.39 Å². The minimum Gasteiger partial charge on any atom is -0.397 e. The molecule has 0 amide bonds. The molecule has 0 saturated carbocycles. The highest BCUT2D eigenvalue weighted by molar-refractivity contribution is 5.74. The molecular formula is C11H10FN3. The fourth-order valence-electron chi connectivity index (χ4n) is 1.38. The number of hydrogen-bond donors (Lipinski definition) is 2. The van der Waals surface area contributed by atoms with Crippen LogP contribution in [0.4, 0.5) is 15.8 Å². The molecule has 0 atom stereocenters. The molecule has 2 aromatic rings. The van der Waals surface area contributed by atoms with Crippen LogP contribution in [0.15, 0.2) is 36.5 Å². The Balaban J connectivity index is 2.60. The summed E-state index contributed by atoms with van der Waals surface area (Å²) in [6.07, 6.45) is 1.46. The number of nitrogen functional groups attached to an aromatic ring is 2. The van der Waals surface area contributed by atoms with Crippen molar-refractivity contribution in [2.24, 2.45) is 0 Å². The standard InChI is InChI=1S/C11H10FN3/c12-9-4-2-1-3-8(9)11-10(14)5-7(13)6-15-11/h1-6H,13-14H2. The molecule has 15 heavy (non-hydrogen) atoms. The first-order valence-electron chi connectivity index (χ1n) is 4.44. The van der Waals surface area contributed by atoms with Crippen molar-refractivity contribution in [2.45, 2.75) is 0 Å². The van der Waals surface area contributed by atoms with Gasteiger partial charge in [0.05, 0.1) is 23.3 Å². The van der Waals surface area contributed by atoms with Gasteiger partial charge in [-0.15, -0.1) is 0 Å². The molecule has 0 bridgehead atoms. The predicted octanol–water partition coefficient (Wildman–Crippen LogP) is 2.05. The zero-order valence-electron chi connectivity index (χ0n) is 7.94. The molecule has 0 aliphatic carbocycles. The third-order valence-electron chi connectivity index (χ3n) is 2.07. The van der Waals surface area contributed by atoms with Gasteiger partial charge in [0.1, 0.15) is 5.82 Å². The van der Waals surface area contributed by atoms with Crippen LogP contribution in [0, 0.1) is 5.82 Å². The highest BCUT2D eigenvalue weighted by atomic mass is 19.1. The van der Waals surface area contributed by atoms with Gasteiger partial charge in [-0.2, -0.15) is 0 Å². The van der Waals surface area contributed by atoms with E-state index in [-0.39, 0.29) is 5.82 Å². The quantitative estimate of drug-likeness (QED) is 0.745. The van der Waals surface area contributed by atoms with Crippen LogP contribution >= 0.6 is 0 Å². The summed E-state index contributed by atoms with van der Waals surface area (Å²) in [7, 11) is 0. The fraction of sp³-hybridized carbons (Fsp3) is 0. The van der Waals surface area contributed by atoms with Crippen LogP contribution < -0.4 is 11.5 Å². The van der Waals surface area contributed by atoms with Gasteiger partial charge in [0.2, 0.25) is 0 Å². The molecule has 1 aromatic carbocycles. The van der Waals surface area contributed by atoms with Gasteiger partial charge in [-0.3, -0.25) is 4.98 Å². The van der Waals surface area contributed by atoms with Gasteiger partial charge in [-0.05, 0) is 18.2 Å². The molecule has 1 heterocycles. The van der Waals surface area contributed by atoms with E-state index in [1.54, 1.807) is 24.3 Å². The van der Waals surface area contributed by atoms with E-state index in [4.69, 9.17) is 11.5 Å². The van der Waals surface area contributed by atoms with Crippen LogP contribution in [0.1, 0.15) is 0 Å². The Morgan fingerprint density at radius 3 is 2.53 bits per heavy atom. The molecular weight excluding hydrogens is 193 g/mol. The lowest BCUT2D eigenvalue weighted by Crippen LogP contribution is -1.97. The maximum Gasteiger partial charge on any atom is 0.132 e.